The first kappa shape index (κ1) is 21.4. The molecule has 0 spiro atoms. The standard InChI is InChI=1S/C22H24N4O3S/c1-4-10-23-21(28)15-12-26(14(3)5-2)13-16(20(15)27)22(29)24-11-19-25-17-8-6-7-9-18(17)30-19/h4,6-9,12-14H,1,5,10-11H2,2-3H3,(H,23,28)(H,24,29). The van der Waals surface area contributed by atoms with Crippen LogP contribution in [0.5, 0.6) is 0 Å². The van der Waals surface area contributed by atoms with Crippen molar-refractivity contribution in [1.29, 1.82) is 0 Å². The van der Waals surface area contributed by atoms with Gasteiger partial charge in [0, 0.05) is 25.0 Å². The summed E-state index contributed by atoms with van der Waals surface area (Å²) in [5.74, 6) is -1.06. The van der Waals surface area contributed by atoms with Gasteiger partial charge in [0.1, 0.15) is 16.1 Å². The Bertz CT molecular complexity index is 1120. The molecule has 3 aromatic rings. The number of nitrogens with one attached hydrogen (secondary N) is 2. The molecule has 2 heterocycles. The summed E-state index contributed by atoms with van der Waals surface area (Å²) in [4.78, 5) is 42.6. The van der Waals surface area contributed by atoms with Crippen molar-refractivity contribution in [3.63, 3.8) is 0 Å². The van der Waals surface area contributed by atoms with Crippen LogP contribution in [0.3, 0.4) is 0 Å². The Labute approximate surface area is 178 Å². The molecule has 2 aromatic heterocycles. The van der Waals surface area contributed by atoms with E-state index in [9.17, 15) is 14.4 Å². The maximum absolute atomic E-state index is 12.9. The van der Waals surface area contributed by atoms with Gasteiger partial charge in [0.15, 0.2) is 0 Å². The molecular formula is C22H24N4O3S. The van der Waals surface area contributed by atoms with Crippen LogP contribution in [0, 0.1) is 0 Å². The van der Waals surface area contributed by atoms with Crippen molar-refractivity contribution in [3.05, 3.63) is 75.7 Å². The molecule has 0 fully saturated rings. The Hall–Kier alpha value is -3.26. The fourth-order valence-electron chi connectivity index (χ4n) is 2.89. The number of aromatic nitrogens is 2. The monoisotopic (exact) mass is 424 g/mol. The van der Waals surface area contributed by atoms with E-state index < -0.39 is 17.2 Å². The van der Waals surface area contributed by atoms with Crippen LogP contribution in [0.1, 0.15) is 52.0 Å². The second kappa shape index (κ2) is 9.49. The second-order valence-electron chi connectivity index (χ2n) is 6.88. The minimum absolute atomic E-state index is 0.0207. The molecule has 2 amide bonds. The first-order valence-electron chi connectivity index (χ1n) is 9.72. The lowest BCUT2D eigenvalue weighted by atomic mass is 10.1. The van der Waals surface area contributed by atoms with E-state index in [0.29, 0.717) is 0 Å². The van der Waals surface area contributed by atoms with Gasteiger partial charge in [-0.25, -0.2) is 4.98 Å². The molecule has 7 nitrogen and oxygen atoms in total. The van der Waals surface area contributed by atoms with Crippen LogP contribution in [0.15, 0.2) is 54.1 Å². The van der Waals surface area contributed by atoms with Crippen molar-refractivity contribution in [2.75, 3.05) is 6.54 Å². The van der Waals surface area contributed by atoms with Gasteiger partial charge in [0.25, 0.3) is 11.8 Å². The van der Waals surface area contributed by atoms with Gasteiger partial charge in [-0.2, -0.15) is 0 Å². The summed E-state index contributed by atoms with van der Waals surface area (Å²) in [5.41, 5.74) is 0.136. The number of para-hydroxylation sites is 1. The number of rotatable bonds is 8. The number of pyridine rings is 1. The second-order valence-corrected chi connectivity index (χ2v) is 7.99. The highest BCUT2D eigenvalue weighted by Gasteiger charge is 2.20. The van der Waals surface area contributed by atoms with Gasteiger partial charge in [0.2, 0.25) is 5.43 Å². The molecule has 0 aliphatic carbocycles. The Morgan fingerprint density at radius 1 is 1.20 bits per heavy atom. The van der Waals surface area contributed by atoms with E-state index in [0.717, 1.165) is 21.6 Å². The number of carbonyl (C=O) groups is 2. The summed E-state index contributed by atoms with van der Waals surface area (Å²) in [6.45, 7) is 7.94. The lowest BCUT2D eigenvalue weighted by Crippen LogP contribution is -2.35. The fourth-order valence-corrected chi connectivity index (χ4v) is 3.80. The minimum Gasteiger partial charge on any atom is -0.350 e. The maximum atomic E-state index is 12.9. The molecule has 1 aromatic carbocycles. The van der Waals surface area contributed by atoms with Crippen LogP contribution in [0.25, 0.3) is 10.2 Å². The number of hydrogen-bond donors (Lipinski definition) is 2. The lowest BCUT2D eigenvalue weighted by Gasteiger charge is -2.17. The van der Waals surface area contributed by atoms with Crippen molar-refractivity contribution in [2.45, 2.75) is 32.9 Å². The van der Waals surface area contributed by atoms with Gasteiger partial charge >= 0.3 is 0 Å². The van der Waals surface area contributed by atoms with E-state index in [4.69, 9.17) is 0 Å². The van der Waals surface area contributed by atoms with Crippen LogP contribution in [0.4, 0.5) is 0 Å². The zero-order valence-corrected chi connectivity index (χ0v) is 17.8. The zero-order chi connectivity index (χ0) is 21.7. The van der Waals surface area contributed by atoms with Gasteiger partial charge in [-0.1, -0.05) is 25.1 Å². The summed E-state index contributed by atoms with van der Waals surface area (Å²) < 4.78 is 2.76. The molecule has 30 heavy (non-hydrogen) atoms. The van der Waals surface area contributed by atoms with Crippen molar-refractivity contribution in [2.24, 2.45) is 0 Å². The van der Waals surface area contributed by atoms with Crippen LogP contribution < -0.4 is 16.1 Å². The van der Waals surface area contributed by atoms with E-state index in [2.05, 4.69) is 22.2 Å². The Morgan fingerprint density at radius 3 is 2.50 bits per heavy atom. The molecule has 0 aliphatic heterocycles. The first-order chi connectivity index (χ1) is 14.4. The highest BCUT2D eigenvalue weighted by Crippen LogP contribution is 2.21. The molecule has 0 bridgehead atoms. The average Bonchev–Trinajstić information content (AvgIpc) is 3.18. The maximum Gasteiger partial charge on any atom is 0.257 e. The molecule has 8 heteroatoms. The van der Waals surface area contributed by atoms with Crippen molar-refractivity contribution >= 4 is 33.4 Å². The van der Waals surface area contributed by atoms with Gasteiger partial charge in [-0.3, -0.25) is 14.4 Å². The number of thiazole rings is 1. The molecule has 1 atom stereocenters. The van der Waals surface area contributed by atoms with Crippen molar-refractivity contribution in [1.82, 2.24) is 20.2 Å². The number of amides is 2. The molecule has 156 valence electrons. The van der Waals surface area contributed by atoms with Crippen molar-refractivity contribution in [3.8, 4) is 0 Å². The van der Waals surface area contributed by atoms with Crippen LogP contribution in [-0.4, -0.2) is 27.9 Å². The van der Waals surface area contributed by atoms with E-state index in [-0.39, 0.29) is 30.3 Å². The third kappa shape index (κ3) is 4.65. The van der Waals surface area contributed by atoms with E-state index in [1.807, 2.05) is 38.1 Å². The Kier molecular flexibility index (Phi) is 6.79. The average molecular weight is 425 g/mol. The van der Waals surface area contributed by atoms with Gasteiger partial charge in [0.05, 0.1) is 16.8 Å². The van der Waals surface area contributed by atoms with Crippen LogP contribution in [-0.2, 0) is 6.54 Å². The highest BCUT2D eigenvalue weighted by atomic mass is 32.1. The minimum atomic E-state index is -0.599. The van der Waals surface area contributed by atoms with Crippen LogP contribution in [0.2, 0.25) is 0 Å². The summed E-state index contributed by atoms with van der Waals surface area (Å²) in [5, 5.41) is 6.10. The number of carbonyl (C=O) groups excluding carboxylic acids is 2. The molecule has 3 rings (SSSR count). The number of fused-ring (bicyclic) bond motifs is 1. The van der Waals surface area contributed by atoms with Gasteiger partial charge in [-0.05, 0) is 25.5 Å². The molecule has 0 saturated heterocycles. The third-order valence-electron chi connectivity index (χ3n) is 4.78. The summed E-state index contributed by atoms with van der Waals surface area (Å²) in [6, 6.07) is 7.74. The van der Waals surface area contributed by atoms with Gasteiger partial charge in [-0.15, -0.1) is 17.9 Å². The quantitative estimate of drug-likeness (QED) is 0.543. The SMILES string of the molecule is C=CCNC(=O)c1cn(C(C)CC)cc(C(=O)NCc2nc3ccccc3s2)c1=O. The number of nitrogens with zero attached hydrogens (tertiary/aromatic N) is 2. The summed E-state index contributed by atoms with van der Waals surface area (Å²) >= 11 is 1.48. The predicted octanol–water partition coefficient (Wildman–Crippen LogP) is 3.27. The van der Waals surface area contributed by atoms with E-state index in [1.54, 1.807) is 4.57 Å². The lowest BCUT2D eigenvalue weighted by molar-refractivity contribution is 0.0948. The topological polar surface area (TPSA) is 93.1 Å². The normalized spacial score (nSPS) is 11.8. The predicted molar refractivity (Wildman–Crippen MR) is 119 cm³/mol. The molecular weight excluding hydrogens is 400 g/mol. The smallest absolute Gasteiger partial charge is 0.257 e. The molecule has 2 N–H and O–H groups in total. The van der Waals surface area contributed by atoms with Crippen LogP contribution >= 0.6 is 11.3 Å². The summed E-state index contributed by atoms with van der Waals surface area (Å²) in [7, 11) is 0. The zero-order valence-electron chi connectivity index (χ0n) is 17.0. The largest absolute Gasteiger partial charge is 0.350 e. The third-order valence-corrected chi connectivity index (χ3v) is 5.82. The van der Waals surface area contributed by atoms with E-state index in [1.165, 1.54) is 29.8 Å². The molecule has 0 aliphatic rings. The fraction of sp³-hybridized carbons (Fsp3) is 0.273. The molecule has 1 unspecified atom stereocenters. The van der Waals surface area contributed by atoms with Crippen molar-refractivity contribution < 1.29 is 9.59 Å². The molecule has 0 radical (unpaired) electrons. The van der Waals surface area contributed by atoms with Gasteiger partial charge < -0.3 is 15.2 Å². The Morgan fingerprint density at radius 2 is 1.87 bits per heavy atom. The van der Waals surface area contributed by atoms with E-state index >= 15 is 0 Å². The summed E-state index contributed by atoms with van der Waals surface area (Å²) in [6.07, 6.45) is 5.32. The highest BCUT2D eigenvalue weighted by molar-refractivity contribution is 7.18. The Balaban J connectivity index is 1.88. The molecule has 0 saturated carbocycles. The number of benzene rings is 1. The first-order valence-corrected chi connectivity index (χ1v) is 10.5. The number of hydrogen-bond acceptors (Lipinski definition) is 5.